The van der Waals surface area contributed by atoms with E-state index in [2.05, 4.69) is 0 Å². The van der Waals surface area contributed by atoms with Crippen molar-refractivity contribution in [3.63, 3.8) is 0 Å². The molecule has 0 aliphatic heterocycles. The second kappa shape index (κ2) is 8.79. The number of hydrogen-bond acceptors (Lipinski definition) is 5. The molecule has 2 aromatic carbocycles. The fraction of sp³-hybridized carbons (Fsp3) is 0.0714. The summed E-state index contributed by atoms with van der Waals surface area (Å²) >= 11 is 0. The Morgan fingerprint density at radius 2 is 1.24 bits per heavy atom. The van der Waals surface area contributed by atoms with Gasteiger partial charge < -0.3 is 14.2 Å². The number of carbonyl (C=O) groups is 1. The zero-order valence-electron chi connectivity index (χ0n) is 11.3. The molecule has 1 N–H and O–H groups in total. The highest BCUT2D eigenvalue weighted by atomic mass is 31.2. The Kier molecular flexibility index (Phi) is 7.01. The van der Waals surface area contributed by atoms with E-state index in [1.807, 2.05) is 12.1 Å². The van der Waals surface area contributed by atoms with Gasteiger partial charge in [0.2, 0.25) is 0 Å². The number of rotatable bonds is 5. The molecule has 0 aliphatic rings. The summed E-state index contributed by atoms with van der Waals surface area (Å²) in [5.74, 6) is 0.859. The second-order valence-electron chi connectivity index (χ2n) is 3.54. The summed E-state index contributed by atoms with van der Waals surface area (Å²) in [6.45, 7) is -0.250. The number of benzene rings is 2. The second-order valence-corrected chi connectivity index (χ2v) is 5.17. The molecule has 2 aromatic rings. The van der Waals surface area contributed by atoms with E-state index in [-0.39, 0.29) is 6.47 Å². The van der Waals surface area contributed by atoms with Gasteiger partial charge >= 0.3 is 7.82 Å². The van der Waals surface area contributed by atoms with Crippen LogP contribution in [0.4, 0.5) is 0 Å². The largest absolute Gasteiger partial charge is 0.587 e. The van der Waals surface area contributed by atoms with Gasteiger partial charge in [0.25, 0.3) is 6.47 Å². The molecule has 0 saturated carbocycles. The molecular formula is C14H15O6P. The fourth-order valence-electron chi connectivity index (χ4n) is 1.31. The first kappa shape index (κ1) is 16.8. The predicted molar refractivity (Wildman–Crippen MR) is 77.4 cm³/mol. The lowest BCUT2D eigenvalue weighted by molar-refractivity contribution is -0.122. The highest BCUT2D eigenvalue weighted by Gasteiger charge is 2.28. The third-order valence-corrected chi connectivity index (χ3v) is 3.46. The first-order chi connectivity index (χ1) is 10.1. The van der Waals surface area contributed by atoms with Crippen LogP contribution in [0.3, 0.4) is 0 Å². The molecule has 0 atom stereocenters. The highest BCUT2D eigenvalue weighted by molar-refractivity contribution is 7.49. The molecule has 7 heteroatoms. The van der Waals surface area contributed by atoms with Gasteiger partial charge in [0.05, 0.1) is 0 Å². The van der Waals surface area contributed by atoms with Gasteiger partial charge in [-0.3, -0.25) is 9.32 Å². The first-order valence-electron chi connectivity index (χ1n) is 5.86. The summed E-state index contributed by atoms with van der Waals surface area (Å²) in [4.78, 5) is 8.36. The Morgan fingerprint density at radius 3 is 1.52 bits per heavy atom. The van der Waals surface area contributed by atoms with Crippen molar-refractivity contribution in [3.05, 3.63) is 60.7 Å². The number of carboxylic acid groups (broad SMARTS) is 1. The highest BCUT2D eigenvalue weighted by Crippen LogP contribution is 2.48. The van der Waals surface area contributed by atoms with Crippen molar-refractivity contribution in [3.8, 4) is 11.5 Å². The normalized spacial score (nSPS) is 9.95. The minimum atomic E-state index is -3.64. The van der Waals surface area contributed by atoms with Crippen molar-refractivity contribution < 1.29 is 28.0 Å². The van der Waals surface area contributed by atoms with Crippen LogP contribution < -0.4 is 9.05 Å². The SMILES string of the molecule is COP(=O)(Oc1ccccc1)Oc1ccccc1.O=CO. The molecule has 0 aliphatic carbocycles. The predicted octanol–water partition coefficient (Wildman–Crippen LogP) is 3.60. The molecule has 0 aromatic heterocycles. The third kappa shape index (κ3) is 6.12. The van der Waals surface area contributed by atoms with Crippen molar-refractivity contribution >= 4 is 14.3 Å². The Balaban J connectivity index is 0.000000677. The van der Waals surface area contributed by atoms with E-state index in [1.54, 1.807) is 48.5 Å². The Bertz CT molecular complexity index is 527. The van der Waals surface area contributed by atoms with Crippen LogP contribution in [0.1, 0.15) is 0 Å². The van der Waals surface area contributed by atoms with E-state index in [0.29, 0.717) is 11.5 Å². The molecule has 21 heavy (non-hydrogen) atoms. The molecule has 0 heterocycles. The van der Waals surface area contributed by atoms with Crippen molar-refractivity contribution in [1.82, 2.24) is 0 Å². The summed E-state index contributed by atoms with van der Waals surface area (Å²) in [5, 5.41) is 6.89. The molecule has 0 radical (unpaired) electrons. The average molecular weight is 310 g/mol. The van der Waals surface area contributed by atoms with Gasteiger partial charge in [-0.05, 0) is 24.3 Å². The lowest BCUT2D eigenvalue weighted by Gasteiger charge is -2.16. The van der Waals surface area contributed by atoms with Crippen LogP contribution in [0.5, 0.6) is 11.5 Å². The number of para-hydroxylation sites is 2. The van der Waals surface area contributed by atoms with Gasteiger partial charge in [-0.25, -0.2) is 4.57 Å². The van der Waals surface area contributed by atoms with Crippen LogP contribution in [0.25, 0.3) is 0 Å². The van der Waals surface area contributed by atoms with Gasteiger partial charge in [-0.2, -0.15) is 0 Å². The zero-order chi connectivity index (χ0) is 15.6. The maximum atomic E-state index is 12.3. The number of phosphoric ester groups is 1. The molecule has 2 rings (SSSR count). The molecule has 0 fully saturated rings. The van der Waals surface area contributed by atoms with Gasteiger partial charge in [0, 0.05) is 7.11 Å². The molecule has 0 amide bonds. The van der Waals surface area contributed by atoms with Crippen LogP contribution in [0.2, 0.25) is 0 Å². The average Bonchev–Trinajstić information content (AvgIpc) is 2.50. The van der Waals surface area contributed by atoms with Crippen LogP contribution in [-0.2, 0) is 13.9 Å². The Morgan fingerprint density at radius 1 is 0.905 bits per heavy atom. The Hall–Kier alpha value is -2.30. The lowest BCUT2D eigenvalue weighted by atomic mass is 10.3. The van der Waals surface area contributed by atoms with Gasteiger partial charge in [-0.1, -0.05) is 36.4 Å². The van der Waals surface area contributed by atoms with Crippen molar-refractivity contribution in [2.75, 3.05) is 7.11 Å². The van der Waals surface area contributed by atoms with E-state index < -0.39 is 7.82 Å². The quantitative estimate of drug-likeness (QED) is 0.671. The standard InChI is InChI=1S/C13H13O4P.CH2O2/c1-15-18(14,16-12-8-4-2-5-9-12)17-13-10-6-3-7-11-13;2-1-3/h2-11H,1H3;1H,(H,2,3). The third-order valence-electron chi connectivity index (χ3n) is 2.14. The monoisotopic (exact) mass is 310 g/mol. The fourth-order valence-corrected chi connectivity index (χ4v) is 2.26. The maximum Gasteiger partial charge on any atom is 0.587 e. The molecule has 0 saturated heterocycles. The summed E-state index contributed by atoms with van der Waals surface area (Å²) in [6.07, 6.45) is 0. The number of hydrogen-bond donors (Lipinski definition) is 1. The van der Waals surface area contributed by atoms with E-state index in [9.17, 15) is 4.57 Å². The van der Waals surface area contributed by atoms with Crippen molar-refractivity contribution in [2.45, 2.75) is 0 Å². The molecule has 0 bridgehead atoms. The lowest BCUT2D eigenvalue weighted by Crippen LogP contribution is -2.02. The van der Waals surface area contributed by atoms with Gasteiger partial charge in [-0.15, -0.1) is 0 Å². The maximum absolute atomic E-state index is 12.3. The molecule has 112 valence electrons. The van der Waals surface area contributed by atoms with Crippen LogP contribution in [0.15, 0.2) is 60.7 Å². The van der Waals surface area contributed by atoms with E-state index >= 15 is 0 Å². The van der Waals surface area contributed by atoms with Crippen molar-refractivity contribution in [1.29, 1.82) is 0 Å². The zero-order valence-corrected chi connectivity index (χ0v) is 12.2. The van der Waals surface area contributed by atoms with Crippen molar-refractivity contribution in [2.24, 2.45) is 0 Å². The minimum Gasteiger partial charge on any atom is -0.483 e. The minimum absolute atomic E-state index is 0.250. The first-order valence-corrected chi connectivity index (χ1v) is 7.32. The van der Waals surface area contributed by atoms with Crippen LogP contribution >= 0.6 is 7.82 Å². The van der Waals surface area contributed by atoms with Crippen LogP contribution in [0, 0.1) is 0 Å². The summed E-state index contributed by atoms with van der Waals surface area (Å²) in [7, 11) is -2.36. The van der Waals surface area contributed by atoms with E-state index in [1.165, 1.54) is 7.11 Å². The summed E-state index contributed by atoms with van der Waals surface area (Å²) in [6, 6.07) is 17.5. The molecule has 0 spiro atoms. The number of phosphoric acid groups is 1. The smallest absolute Gasteiger partial charge is 0.483 e. The summed E-state index contributed by atoms with van der Waals surface area (Å²) < 4.78 is 27.6. The molecule has 0 unspecified atom stereocenters. The van der Waals surface area contributed by atoms with E-state index in [4.69, 9.17) is 23.5 Å². The molecule has 6 nitrogen and oxygen atoms in total. The molecular weight excluding hydrogens is 295 g/mol. The van der Waals surface area contributed by atoms with E-state index in [0.717, 1.165) is 0 Å². The van der Waals surface area contributed by atoms with Crippen LogP contribution in [-0.4, -0.2) is 18.7 Å². The summed E-state index contributed by atoms with van der Waals surface area (Å²) in [5.41, 5.74) is 0. The Labute approximate surface area is 122 Å². The van der Waals surface area contributed by atoms with Gasteiger partial charge in [0.1, 0.15) is 11.5 Å². The van der Waals surface area contributed by atoms with Gasteiger partial charge in [0.15, 0.2) is 0 Å². The topological polar surface area (TPSA) is 82.1 Å².